The van der Waals surface area contributed by atoms with Gasteiger partial charge in [-0.3, -0.25) is 0 Å². The largest absolute Gasteiger partial charge is 0.417 e. The highest BCUT2D eigenvalue weighted by Gasteiger charge is 2.32. The minimum absolute atomic E-state index is 0.909. The fourth-order valence-corrected chi connectivity index (χ4v) is 8.37. The first-order valence-corrected chi connectivity index (χ1v) is 10.1. The Morgan fingerprint density at radius 2 is 1.47 bits per heavy atom. The van der Waals surface area contributed by atoms with Crippen LogP contribution in [0, 0.1) is 0 Å². The highest BCUT2D eigenvalue weighted by molar-refractivity contribution is 9.09. The molecule has 0 aromatic rings. The van der Waals surface area contributed by atoms with Crippen molar-refractivity contribution < 1.29 is 4.43 Å². The third kappa shape index (κ3) is 6.75. The molecule has 0 fully saturated rings. The molecule has 1 nitrogen and oxygen atoms in total. The third-order valence-electron chi connectivity index (χ3n) is 2.97. The second kappa shape index (κ2) is 9.85. The Morgan fingerprint density at radius 3 is 1.80 bits per heavy atom. The predicted octanol–water partition coefficient (Wildman–Crippen LogP) is 4.96. The maximum Gasteiger partial charge on any atom is 0.193 e. The highest BCUT2D eigenvalue weighted by Crippen LogP contribution is 2.28. The molecule has 0 unspecified atom stereocenters. The molecule has 0 aromatic heterocycles. The molecule has 0 heterocycles. The molecule has 0 rings (SSSR count). The zero-order chi connectivity index (χ0) is 11.6. The summed E-state index contributed by atoms with van der Waals surface area (Å²) >= 11 is 3.59. The van der Waals surface area contributed by atoms with Gasteiger partial charge >= 0.3 is 0 Å². The van der Waals surface area contributed by atoms with E-state index in [1.807, 2.05) is 0 Å². The Bertz CT molecular complexity index is 126. The van der Waals surface area contributed by atoms with Crippen molar-refractivity contribution >= 4 is 24.2 Å². The Balaban J connectivity index is 4.26. The van der Waals surface area contributed by atoms with Gasteiger partial charge in [0.25, 0.3) is 0 Å². The molecule has 0 atom stereocenters. The molecule has 0 spiro atoms. The lowest BCUT2D eigenvalue weighted by Crippen LogP contribution is -2.38. The number of unbranched alkanes of at least 4 members (excludes halogenated alkanes) is 2. The second-order valence-electron chi connectivity index (χ2n) is 4.26. The molecule has 0 saturated carbocycles. The standard InChI is InChI=1S/C12H27BrOSi/c1-4-7-10-15(12-9-13,14-6-3)11-8-5-2/h4-12H2,1-3H3. The van der Waals surface area contributed by atoms with Gasteiger partial charge < -0.3 is 4.43 Å². The van der Waals surface area contributed by atoms with Gasteiger partial charge in [0.2, 0.25) is 0 Å². The van der Waals surface area contributed by atoms with E-state index in [1.165, 1.54) is 43.8 Å². The predicted molar refractivity (Wildman–Crippen MR) is 75.4 cm³/mol. The zero-order valence-corrected chi connectivity index (χ0v) is 13.2. The number of rotatable bonds is 10. The van der Waals surface area contributed by atoms with Gasteiger partial charge in [0.05, 0.1) is 0 Å². The van der Waals surface area contributed by atoms with Gasteiger partial charge in [-0.05, 0) is 25.1 Å². The molecule has 15 heavy (non-hydrogen) atoms. The average molecular weight is 295 g/mol. The summed E-state index contributed by atoms with van der Waals surface area (Å²) < 4.78 is 6.18. The fourth-order valence-electron chi connectivity index (χ4n) is 2.07. The maximum absolute atomic E-state index is 6.18. The van der Waals surface area contributed by atoms with Crippen LogP contribution in [-0.4, -0.2) is 20.3 Å². The minimum Gasteiger partial charge on any atom is -0.417 e. The SMILES string of the molecule is CCCC[Si](CCBr)(CCCC)OCC. The summed E-state index contributed by atoms with van der Waals surface area (Å²) in [7, 11) is -1.38. The molecule has 0 aliphatic heterocycles. The molecular weight excluding hydrogens is 268 g/mol. The van der Waals surface area contributed by atoms with Crippen molar-refractivity contribution in [3.05, 3.63) is 0 Å². The van der Waals surface area contributed by atoms with Crippen molar-refractivity contribution in [1.82, 2.24) is 0 Å². The maximum atomic E-state index is 6.18. The molecule has 0 aromatic carbocycles. The molecule has 0 N–H and O–H groups in total. The van der Waals surface area contributed by atoms with Gasteiger partial charge in [0, 0.05) is 11.9 Å². The van der Waals surface area contributed by atoms with E-state index >= 15 is 0 Å². The van der Waals surface area contributed by atoms with Gasteiger partial charge in [-0.1, -0.05) is 55.5 Å². The molecule has 3 heteroatoms. The van der Waals surface area contributed by atoms with E-state index in [-0.39, 0.29) is 0 Å². The third-order valence-corrected chi connectivity index (χ3v) is 8.69. The van der Waals surface area contributed by atoms with Crippen LogP contribution in [0.25, 0.3) is 0 Å². The van der Waals surface area contributed by atoms with Crippen LogP contribution in [0.1, 0.15) is 46.5 Å². The Hall–Kier alpha value is 0.657. The Kier molecular flexibility index (Phi) is 10.3. The van der Waals surface area contributed by atoms with Crippen LogP contribution in [0.2, 0.25) is 18.1 Å². The average Bonchev–Trinajstić information content (AvgIpc) is 2.24. The number of hydrogen-bond donors (Lipinski definition) is 0. The van der Waals surface area contributed by atoms with Crippen molar-refractivity contribution in [3.8, 4) is 0 Å². The first kappa shape index (κ1) is 15.7. The first-order chi connectivity index (χ1) is 7.24. The summed E-state index contributed by atoms with van der Waals surface area (Å²) in [6, 6.07) is 4.02. The molecule has 0 aliphatic carbocycles. The van der Waals surface area contributed by atoms with Gasteiger partial charge in [0.15, 0.2) is 8.32 Å². The summed E-state index contributed by atoms with van der Waals surface area (Å²) in [5.41, 5.74) is 0. The van der Waals surface area contributed by atoms with E-state index in [9.17, 15) is 0 Å². The van der Waals surface area contributed by atoms with Gasteiger partial charge in [-0.2, -0.15) is 0 Å². The van der Waals surface area contributed by atoms with Crippen LogP contribution < -0.4 is 0 Å². The summed E-state index contributed by atoms with van der Waals surface area (Å²) in [5, 5.41) is 1.12. The smallest absolute Gasteiger partial charge is 0.193 e. The van der Waals surface area contributed by atoms with Crippen LogP contribution in [0.3, 0.4) is 0 Å². The summed E-state index contributed by atoms with van der Waals surface area (Å²) in [6.45, 7) is 7.61. The lowest BCUT2D eigenvalue weighted by atomic mass is 10.4. The molecular formula is C12H27BrOSi. The van der Waals surface area contributed by atoms with E-state index < -0.39 is 8.32 Å². The highest BCUT2D eigenvalue weighted by atomic mass is 79.9. The lowest BCUT2D eigenvalue weighted by Gasteiger charge is -2.30. The van der Waals surface area contributed by atoms with Crippen molar-refractivity contribution in [2.75, 3.05) is 11.9 Å². The Labute approximate surface area is 105 Å². The first-order valence-electron chi connectivity index (χ1n) is 6.44. The quantitative estimate of drug-likeness (QED) is 0.409. The van der Waals surface area contributed by atoms with Crippen LogP contribution >= 0.6 is 15.9 Å². The van der Waals surface area contributed by atoms with E-state index in [4.69, 9.17) is 4.43 Å². The fraction of sp³-hybridized carbons (Fsp3) is 1.00. The van der Waals surface area contributed by atoms with Gasteiger partial charge in [-0.15, -0.1) is 0 Å². The summed E-state index contributed by atoms with van der Waals surface area (Å²) in [5.74, 6) is 0. The molecule has 92 valence electrons. The molecule has 0 amide bonds. The van der Waals surface area contributed by atoms with Crippen molar-refractivity contribution in [1.29, 1.82) is 0 Å². The molecule has 0 bridgehead atoms. The topological polar surface area (TPSA) is 9.23 Å². The van der Waals surface area contributed by atoms with Crippen LogP contribution in [0.5, 0.6) is 0 Å². The van der Waals surface area contributed by atoms with E-state index in [2.05, 4.69) is 36.7 Å². The monoisotopic (exact) mass is 294 g/mol. The molecule has 0 radical (unpaired) electrons. The minimum atomic E-state index is -1.38. The number of hydrogen-bond acceptors (Lipinski definition) is 1. The van der Waals surface area contributed by atoms with Crippen molar-refractivity contribution in [2.45, 2.75) is 64.6 Å². The second-order valence-corrected chi connectivity index (χ2v) is 9.21. The Morgan fingerprint density at radius 1 is 0.933 bits per heavy atom. The van der Waals surface area contributed by atoms with Crippen LogP contribution in [0.15, 0.2) is 0 Å². The molecule has 0 saturated heterocycles. The van der Waals surface area contributed by atoms with Gasteiger partial charge in [-0.25, -0.2) is 0 Å². The normalized spacial score (nSPS) is 12.0. The van der Waals surface area contributed by atoms with Crippen molar-refractivity contribution in [3.63, 3.8) is 0 Å². The summed E-state index contributed by atoms with van der Waals surface area (Å²) in [4.78, 5) is 0. The van der Waals surface area contributed by atoms with E-state index in [0.717, 1.165) is 11.9 Å². The lowest BCUT2D eigenvalue weighted by molar-refractivity contribution is 0.317. The zero-order valence-electron chi connectivity index (χ0n) is 10.7. The van der Waals surface area contributed by atoms with Crippen LogP contribution in [-0.2, 0) is 4.43 Å². The van der Waals surface area contributed by atoms with E-state index in [0.29, 0.717) is 0 Å². The van der Waals surface area contributed by atoms with E-state index in [1.54, 1.807) is 0 Å². The molecule has 0 aliphatic rings. The van der Waals surface area contributed by atoms with Gasteiger partial charge in [0.1, 0.15) is 0 Å². The van der Waals surface area contributed by atoms with Crippen LogP contribution in [0.4, 0.5) is 0 Å². The number of alkyl halides is 1. The number of halogens is 1. The summed E-state index contributed by atoms with van der Waals surface area (Å²) in [6.07, 6.45) is 5.30. The van der Waals surface area contributed by atoms with Crippen molar-refractivity contribution in [2.24, 2.45) is 0 Å².